The lowest BCUT2D eigenvalue weighted by Gasteiger charge is -2.14. The summed E-state index contributed by atoms with van der Waals surface area (Å²) in [6, 6.07) is 7.50. The van der Waals surface area contributed by atoms with E-state index in [1.807, 2.05) is 13.0 Å². The molecule has 1 heterocycles. The highest BCUT2D eigenvalue weighted by Crippen LogP contribution is 2.33. The molecule has 4 nitrogen and oxygen atoms in total. The zero-order valence-electron chi connectivity index (χ0n) is 13.3. The van der Waals surface area contributed by atoms with E-state index < -0.39 is 6.36 Å². The number of aromatic nitrogens is 2. The largest absolute Gasteiger partial charge is 0.573 e. The van der Waals surface area contributed by atoms with Gasteiger partial charge in [0.2, 0.25) is 0 Å². The number of hydrogen-bond acceptors (Lipinski definition) is 4. The van der Waals surface area contributed by atoms with E-state index in [0.29, 0.717) is 28.6 Å². The molecule has 7 heteroatoms. The van der Waals surface area contributed by atoms with E-state index in [-0.39, 0.29) is 12.4 Å². The van der Waals surface area contributed by atoms with Crippen LogP contribution in [0.25, 0.3) is 22.2 Å². The SMILES string of the molecule is CCc1cc(-c2ccc(OC(F)(F)F)cc2)c2nccnc2c1CO. The summed E-state index contributed by atoms with van der Waals surface area (Å²) < 4.78 is 40.8. The predicted octanol–water partition coefficient (Wildman–Crippen LogP) is 4.25. The van der Waals surface area contributed by atoms with Gasteiger partial charge in [0, 0.05) is 23.5 Å². The molecule has 130 valence electrons. The molecule has 0 spiro atoms. The van der Waals surface area contributed by atoms with Crippen molar-refractivity contribution in [2.45, 2.75) is 26.3 Å². The highest BCUT2D eigenvalue weighted by molar-refractivity contribution is 5.94. The normalized spacial score (nSPS) is 11.7. The van der Waals surface area contributed by atoms with Crippen molar-refractivity contribution in [3.8, 4) is 16.9 Å². The highest BCUT2D eigenvalue weighted by Gasteiger charge is 2.31. The molecule has 1 N–H and O–H groups in total. The zero-order valence-corrected chi connectivity index (χ0v) is 13.3. The number of nitrogens with zero attached hydrogens (tertiary/aromatic N) is 2. The maximum absolute atomic E-state index is 12.3. The molecule has 0 unspecified atom stereocenters. The maximum atomic E-state index is 12.3. The summed E-state index contributed by atoms with van der Waals surface area (Å²) in [5.74, 6) is -0.283. The molecule has 0 saturated carbocycles. The first kappa shape index (κ1) is 17.2. The van der Waals surface area contributed by atoms with Crippen LogP contribution in [-0.4, -0.2) is 21.4 Å². The summed E-state index contributed by atoms with van der Waals surface area (Å²) in [6.45, 7) is 1.80. The third-order valence-corrected chi connectivity index (χ3v) is 3.88. The van der Waals surface area contributed by atoms with Gasteiger partial charge in [0.15, 0.2) is 0 Å². The van der Waals surface area contributed by atoms with Crippen molar-refractivity contribution in [2.24, 2.45) is 0 Å². The van der Waals surface area contributed by atoms with Crippen LogP contribution in [0.1, 0.15) is 18.1 Å². The van der Waals surface area contributed by atoms with Gasteiger partial charge in [-0.25, -0.2) is 0 Å². The molecule has 0 aliphatic carbocycles. The average molecular weight is 348 g/mol. The van der Waals surface area contributed by atoms with Crippen LogP contribution in [0.4, 0.5) is 13.2 Å². The van der Waals surface area contributed by atoms with Crippen molar-refractivity contribution >= 4 is 11.0 Å². The lowest BCUT2D eigenvalue weighted by atomic mass is 9.95. The molecule has 2 aromatic carbocycles. The highest BCUT2D eigenvalue weighted by atomic mass is 19.4. The summed E-state index contributed by atoms with van der Waals surface area (Å²) in [4.78, 5) is 8.66. The summed E-state index contributed by atoms with van der Waals surface area (Å²) in [5.41, 5.74) is 4.26. The van der Waals surface area contributed by atoms with Gasteiger partial charge in [0.1, 0.15) is 5.75 Å². The van der Waals surface area contributed by atoms with Crippen molar-refractivity contribution in [2.75, 3.05) is 0 Å². The Bertz CT molecular complexity index is 893. The first-order valence-corrected chi connectivity index (χ1v) is 7.65. The number of rotatable bonds is 4. The average Bonchev–Trinajstić information content (AvgIpc) is 2.59. The Balaban J connectivity index is 2.12. The van der Waals surface area contributed by atoms with Crippen molar-refractivity contribution in [3.63, 3.8) is 0 Å². The van der Waals surface area contributed by atoms with E-state index in [4.69, 9.17) is 0 Å². The standard InChI is InChI=1S/C18H15F3N2O2/c1-2-11-9-14(16-17(15(11)10-24)23-8-7-22-16)12-3-5-13(6-4-12)25-18(19,20)21/h3-9,24H,2,10H2,1H3. The Morgan fingerprint density at radius 2 is 1.68 bits per heavy atom. The van der Waals surface area contributed by atoms with E-state index in [0.717, 1.165) is 11.1 Å². The van der Waals surface area contributed by atoms with Crippen LogP contribution in [-0.2, 0) is 13.0 Å². The summed E-state index contributed by atoms with van der Waals surface area (Å²) in [6.07, 6.45) is -0.951. The van der Waals surface area contributed by atoms with E-state index in [9.17, 15) is 18.3 Å². The minimum atomic E-state index is -4.72. The number of alkyl halides is 3. The molecule has 1 aromatic heterocycles. The van der Waals surface area contributed by atoms with Gasteiger partial charge < -0.3 is 9.84 Å². The molecule has 0 radical (unpaired) electrons. The van der Waals surface area contributed by atoms with E-state index in [1.54, 1.807) is 24.5 Å². The third-order valence-electron chi connectivity index (χ3n) is 3.88. The molecule has 3 aromatic rings. The third kappa shape index (κ3) is 3.56. The van der Waals surface area contributed by atoms with Gasteiger partial charge in [-0.2, -0.15) is 0 Å². The minimum absolute atomic E-state index is 0.156. The molecule has 0 atom stereocenters. The van der Waals surface area contributed by atoms with Crippen LogP contribution < -0.4 is 4.74 Å². The number of benzene rings is 2. The van der Waals surface area contributed by atoms with Crippen molar-refractivity contribution < 1.29 is 23.0 Å². The quantitative estimate of drug-likeness (QED) is 0.766. The van der Waals surface area contributed by atoms with Gasteiger partial charge in [-0.1, -0.05) is 19.1 Å². The molecule has 0 saturated heterocycles. The first-order valence-electron chi connectivity index (χ1n) is 7.65. The summed E-state index contributed by atoms with van der Waals surface area (Å²) in [5, 5.41) is 9.66. The summed E-state index contributed by atoms with van der Waals surface area (Å²) in [7, 11) is 0. The Hall–Kier alpha value is -2.67. The second-order valence-electron chi connectivity index (χ2n) is 5.40. The molecule has 0 amide bonds. The topological polar surface area (TPSA) is 55.2 Å². The molecular weight excluding hydrogens is 333 g/mol. The zero-order chi connectivity index (χ0) is 18.0. The number of aliphatic hydroxyl groups is 1. The van der Waals surface area contributed by atoms with Crippen LogP contribution >= 0.6 is 0 Å². The smallest absolute Gasteiger partial charge is 0.406 e. The molecule has 3 rings (SSSR count). The first-order chi connectivity index (χ1) is 11.9. The molecule has 0 aliphatic rings. The van der Waals surface area contributed by atoms with E-state index >= 15 is 0 Å². The molecule has 25 heavy (non-hydrogen) atoms. The fourth-order valence-corrected chi connectivity index (χ4v) is 2.79. The van der Waals surface area contributed by atoms with Gasteiger partial charge in [-0.05, 0) is 35.7 Å². The van der Waals surface area contributed by atoms with Crippen molar-refractivity contribution in [1.29, 1.82) is 0 Å². The fourth-order valence-electron chi connectivity index (χ4n) is 2.79. The van der Waals surface area contributed by atoms with Crippen LogP contribution in [0.3, 0.4) is 0 Å². The van der Waals surface area contributed by atoms with E-state index in [2.05, 4.69) is 14.7 Å². The van der Waals surface area contributed by atoms with Gasteiger partial charge in [0.05, 0.1) is 17.6 Å². The minimum Gasteiger partial charge on any atom is -0.406 e. The number of aryl methyl sites for hydroxylation is 1. The number of hydrogen-bond donors (Lipinski definition) is 1. The van der Waals surface area contributed by atoms with Gasteiger partial charge in [-0.15, -0.1) is 13.2 Å². The van der Waals surface area contributed by atoms with Crippen LogP contribution in [0.15, 0.2) is 42.7 Å². The molecule has 0 fully saturated rings. The lowest BCUT2D eigenvalue weighted by Crippen LogP contribution is -2.16. The van der Waals surface area contributed by atoms with Crippen molar-refractivity contribution in [1.82, 2.24) is 9.97 Å². The number of aliphatic hydroxyl groups excluding tert-OH is 1. The monoisotopic (exact) mass is 348 g/mol. The van der Waals surface area contributed by atoms with E-state index in [1.165, 1.54) is 12.1 Å². The Morgan fingerprint density at radius 1 is 1.04 bits per heavy atom. The Morgan fingerprint density at radius 3 is 2.24 bits per heavy atom. The second-order valence-corrected chi connectivity index (χ2v) is 5.40. The van der Waals surface area contributed by atoms with Crippen LogP contribution in [0.5, 0.6) is 5.75 Å². The number of halogens is 3. The predicted molar refractivity (Wildman–Crippen MR) is 87.0 cm³/mol. The Kier molecular flexibility index (Phi) is 4.59. The lowest BCUT2D eigenvalue weighted by molar-refractivity contribution is -0.274. The van der Waals surface area contributed by atoms with Gasteiger partial charge in [0.25, 0.3) is 0 Å². The van der Waals surface area contributed by atoms with Crippen molar-refractivity contribution in [3.05, 3.63) is 53.9 Å². The molecular formula is C18H15F3N2O2. The second kappa shape index (κ2) is 6.68. The van der Waals surface area contributed by atoms with Crippen LogP contribution in [0, 0.1) is 0 Å². The van der Waals surface area contributed by atoms with Gasteiger partial charge in [-0.3, -0.25) is 9.97 Å². The fraction of sp³-hybridized carbons (Fsp3) is 0.222. The molecule has 0 aliphatic heterocycles. The number of fused-ring (bicyclic) bond motifs is 1. The molecule has 0 bridgehead atoms. The maximum Gasteiger partial charge on any atom is 0.573 e. The Labute approximate surface area is 141 Å². The van der Waals surface area contributed by atoms with Gasteiger partial charge >= 0.3 is 6.36 Å². The van der Waals surface area contributed by atoms with Crippen LogP contribution in [0.2, 0.25) is 0 Å². The summed E-state index contributed by atoms with van der Waals surface area (Å²) >= 11 is 0. The number of ether oxygens (including phenoxy) is 1.